The number of carbonyl (C=O) groups is 1. The fourth-order valence-electron chi connectivity index (χ4n) is 1.77. The number of halogens is 3. The number of benzene rings is 1. The Balaban J connectivity index is 2.45. The summed E-state index contributed by atoms with van der Waals surface area (Å²) in [5.41, 5.74) is 1.44. The molecule has 0 unspecified atom stereocenters. The van der Waals surface area contributed by atoms with Crippen LogP contribution in [0.4, 0.5) is 13.2 Å². The van der Waals surface area contributed by atoms with E-state index < -0.39 is 12.6 Å². The van der Waals surface area contributed by atoms with Gasteiger partial charge in [-0.2, -0.15) is 13.2 Å². The standard InChI is InChI=1S/C15H21F3N4O/c1-3-20-13(23)12-6-4-11(5-7-12)10-22-14(19-2)21-9-8-15(16,17)18/h4-7H,3,8-10H2,1-2H3,(H,20,23)(H2,19,21,22). The van der Waals surface area contributed by atoms with Crippen LogP contribution < -0.4 is 16.0 Å². The van der Waals surface area contributed by atoms with Gasteiger partial charge in [0.05, 0.1) is 6.42 Å². The van der Waals surface area contributed by atoms with Crippen molar-refractivity contribution in [2.24, 2.45) is 4.99 Å². The van der Waals surface area contributed by atoms with Gasteiger partial charge in [0, 0.05) is 32.2 Å². The van der Waals surface area contributed by atoms with E-state index in [1.165, 1.54) is 7.05 Å². The van der Waals surface area contributed by atoms with Gasteiger partial charge in [-0.15, -0.1) is 0 Å². The summed E-state index contributed by atoms with van der Waals surface area (Å²) in [5, 5.41) is 8.21. The van der Waals surface area contributed by atoms with Crippen LogP contribution >= 0.6 is 0 Å². The zero-order valence-electron chi connectivity index (χ0n) is 13.1. The van der Waals surface area contributed by atoms with Crippen LogP contribution in [0.15, 0.2) is 29.3 Å². The first-order valence-electron chi connectivity index (χ1n) is 7.24. The molecule has 1 amide bonds. The van der Waals surface area contributed by atoms with E-state index >= 15 is 0 Å². The van der Waals surface area contributed by atoms with Gasteiger partial charge in [0.1, 0.15) is 0 Å². The van der Waals surface area contributed by atoms with Crippen LogP contribution in [0.25, 0.3) is 0 Å². The normalized spacial score (nSPS) is 12.0. The quantitative estimate of drug-likeness (QED) is 0.552. The van der Waals surface area contributed by atoms with Gasteiger partial charge in [0.25, 0.3) is 5.91 Å². The number of nitrogens with one attached hydrogen (secondary N) is 3. The summed E-state index contributed by atoms with van der Waals surface area (Å²) < 4.78 is 36.3. The molecule has 0 saturated heterocycles. The summed E-state index contributed by atoms with van der Waals surface area (Å²) in [6.07, 6.45) is -5.12. The minimum atomic E-state index is -4.19. The number of alkyl halides is 3. The number of guanidine groups is 1. The van der Waals surface area contributed by atoms with Gasteiger partial charge in [0.2, 0.25) is 0 Å². The molecule has 8 heteroatoms. The van der Waals surface area contributed by atoms with E-state index in [2.05, 4.69) is 20.9 Å². The van der Waals surface area contributed by atoms with Gasteiger partial charge in [-0.05, 0) is 24.6 Å². The van der Waals surface area contributed by atoms with Crippen molar-refractivity contribution >= 4 is 11.9 Å². The van der Waals surface area contributed by atoms with Crippen molar-refractivity contribution in [1.29, 1.82) is 0 Å². The number of amides is 1. The van der Waals surface area contributed by atoms with Crippen molar-refractivity contribution in [3.8, 4) is 0 Å². The van der Waals surface area contributed by atoms with Gasteiger partial charge in [-0.25, -0.2) is 0 Å². The van der Waals surface area contributed by atoms with Crippen LogP contribution in [0.1, 0.15) is 29.3 Å². The first kappa shape index (κ1) is 18.8. The van der Waals surface area contributed by atoms with E-state index in [-0.39, 0.29) is 12.5 Å². The van der Waals surface area contributed by atoms with Gasteiger partial charge in [-0.1, -0.05) is 12.1 Å². The Kier molecular flexibility index (Phi) is 7.37. The highest BCUT2D eigenvalue weighted by atomic mass is 19.4. The van der Waals surface area contributed by atoms with Crippen molar-refractivity contribution in [2.75, 3.05) is 20.1 Å². The summed E-state index contributed by atoms with van der Waals surface area (Å²) in [6, 6.07) is 6.95. The van der Waals surface area contributed by atoms with E-state index in [0.29, 0.717) is 24.6 Å². The lowest BCUT2D eigenvalue weighted by atomic mass is 10.1. The Morgan fingerprint density at radius 3 is 2.30 bits per heavy atom. The van der Waals surface area contributed by atoms with Crippen LogP contribution in [0, 0.1) is 0 Å². The highest BCUT2D eigenvalue weighted by molar-refractivity contribution is 5.94. The maximum atomic E-state index is 12.1. The smallest absolute Gasteiger partial charge is 0.356 e. The number of rotatable bonds is 6. The Labute approximate surface area is 133 Å². The molecule has 0 heterocycles. The molecule has 1 aromatic carbocycles. The van der Waals surface area contributed by atoms with Crippen molar-refractivity contribution < 1.29 is 18.0 Å². The molecule has 0 atom stereocenters. The minimum absolute atomic E-state index is 0.142. The van der Waals surface area contributed by atoms with E-state index in [1.54, 1.807) is 24.3 Å². The Morgan fingerprint density at radius 1 is 1.13 bits per heavy atom. The molecule has 0 aromatic heterocycles. The average Bonchev–Trinajstić information content (AvgIpc) is 2.50. The summed E-state index contributed by atoms with van der Waals surface area (Å²) in [7, 11) is 1.49. The molecule has 0 saturated carbocycles. The fourth-order valence-corrected chi connectivity index (χ4v) is 1.77. The molecule has 3 N–H and O–H groups in total. The number of hydrogen-bond donors (Lipinski definition) is 3. The van der Waals surface area contributed by atoms with Gasteiger partial charge >= 0.3 is 6.18 Å². The molecular weight excluding hydrogens is 309 g/mol. The van der Waals surface area contributed by atoms with Crippen LogP contribution in [0.5, 0.6) is 0 Å². The highest BCUT2D eigenvalue weighted by Crippen LogP contribution is 2.18. The molecule has 0 radical (unpaired) electrons. The molecule has 23 heavy (non-hydrogen) atoms. The summed E-state index contributed by atoms with van der Waals surface area (Å²) >= 11 is 0. The predicted molar refractivity (Wildman–Crippen MR) is 83.3 cm³/mol. The topological polar surface area (TPSA) is 65.5 Å². The molecule has 1 aromatic rings. The molecule has 0 aliphatic rings. The number of carbonyl (C=O) groups excluding carboxylic acids is 1. The SMILES string of the molecule is CCNC(=O)c1ccc(CNC(=NC)NCCC(F)(F)F)cc1. The first-order valence-corrected chi connectivity index (χ1v) is 7.24. The van der Waals surface area contributed by atoms with Crippen molar-refractivity contribution in [2.45, 2.75) is 26.1 Å². The number of aliphatic imine (C=N–C) groups is 1. The Hall–Kier alpha value is -2.25. The first-order chi connectivity index (χ1) is 10.9. The van der Waals surface area contributed by atoms with Crippen molar-refractivity contribution in [3.63, 3.8) is 0 Å². The third-order valence-corrected chi connectivity index (χ3v) is 2.94. The average molecular weight is 330 g/mol. The van der Waals surface area contributed by atoms with E-state index in [0.717, 1.165) is 5.56 Å². The van der Waals surface area contributed by atoms with E-state index in [4.69, 9.17) is 0 Å². The zero-order chi connectivity index (χ0) is 17.3. The third kappa shape index (κ3) is 7.53. The Bertz CT molecular complexity index is 527. The van der Waals surface area contributed by atoms with Crippen LogP contribution in [0.2, 0.25) is 0 Å². The van der Waals surface area contributed by atoms with Gasteiger partial charge in [-0.3, -0.25) is 9.79 Å². The lowest BCUT2D eigenvalue weighted by Gasteiger charge is -2.13. The lowest BCUT2D eigenvalue weighted by Crippen LogP contribution is -2.38. The molecule has 1 rings (SSSR count). The molecule has 0 spiro atoms. The largest absolute Gasteiger partial charge is 0.390 e. The molecule has 0 aliphatic heterocycles. The van der Waals surface area contributed by atoms with Gasteiger partial charge < -0.3 is 16.0 Å². The van der Waals surface area contributed by atoms with Crippen molar-refractivity contribution in [1.82, 2.24) is 16.0 Å². The summed E-state index contributed by atoms with van der Waals surface area (Å²) in [4.78, 5) is 15.5. The predicted octanol–water partition coefficient (Wildman–Crippen LogP) is 2.05. The van der Waals surface area contributed by atoms with Crippen molar-refractivity contribution in [3.05, 3.63) is 35.4 Å². The lowest BCUT2D eigenvalue weighted by molar-refractivity contribution is -0.132. The maximum Gasteiger partial charge on any atom is 0.390 e. The second-order valence-corrected chi connectivity index (χ2v) is 4.77. The summed E-state index contributed by atoms with van der Waals surface area (Å²) in [5.74, 6) is 0.152. The highest BCUT2D eigenvalue weighted by Gasteiger charge is 2.26. The monoisotopic (exact) mass is 330 g/mol. The molecule has 0 bridgehead atoms. The fraction of sp³-hybridized carbons (Fsp3) is 0.467. The third-order valence-electron chi connectivity index (χ3n) is 2.94. The molecule has 0 aliphatic carbocycles. The van der Waals surface area contributed by atoms with Gasteiger partial charge in [0.15, 0.2) is 5.96 Å². The second-order valence-electron chi connectivity index (χ2n) is 4.77. The number of nitrogens with zero attached hydrogens (tertiary/aromatic N) is 1. The maximum absolute atomic E-state index is 12.1. The van der Waals surface area contributed by atoms with E-state index in [1.807, 2.05) is 6.92 Å². The van der Waals surface area contributed by atoms with Crippen LogP contribution in [-0.4, -0.2) is 38.2 Å². The van der Waals surface area contributed by atoms with Crippen LogP contribution in [0.3, 0.4) is 0 Å². The molecular formula is C15H21F3N4O. The Morgan fingerprint density at radius 2 is 1.78 bits per heavy atom. The second kappa shape index (κ2) is 9.02. The minimum Gasteiger partial charge on any atom is -0.356 e. The molecule has 128 valence electrons. The zero-order valence-corrected chi connectivity index (χ0v) is 13.1. The molecule has 5 nitrogen and oxygen atoms in total. The number of hydrogen-bond acceptors (Lipinski definition) is 2. The summed E-state index contributed by atoms with van der Waals surface area (Å²) in [6.45, 7) is 2.55. The molecule has 0 fully saturated rings. The van der Waals surface area contributed by atoms with Crippen LogP contribution in [-0.2, 0) is 6.54 Å². The van der Waals surface area contributed by atoms with E-state index in [9.17, 15) is 18.0 Å².